The second kappa shape index (κ2) is 9.36. The molecule has 0 aliphatic heterocycles. The normalized spacial score (nSPS) is 10.9. The molecule has 5 nitrogen and oxygen atoms in total. The van der Waals surface area contributed by atoms with Crippen LogP contribution in [0.15, 0.2) is 54.6 Å². The number of benzene rings is 2. The number of carbonyl (C=O) groups is 1. The third-order valence-electron chi connectivity index (χ3n) is 5.01. The van der Waals surface area contributed by atoms with Gasteiger partial charge in [-0.2, -0.15) is 5.10 Å². The van der Waals surface area contributed by atoms with Gasteiger partial charge >= 0.3 is 0 Å². The van der Waals surface area contributed by atoms with Gasteiger partial charge in [0.25, 0.3) is 5.91 Å². The third-order valence-corrected chi connectivity index (χ3v) is 6.56. The first-order valence-corrected chi connectivity index (χ1v) is 11.6. The Hall–Kier alpha value is -2.80. The molecule has 2 aromatic heterocycles. The molecule has 0 radical (unpaired) electrons. The van der Waals surface area contributed by atoms with Gasteiger partial charge in [-0.3, -0.25) is 4.79 Å². The van der Waals surface area contributed by atoms with Crippen LogP contribution in [0, 0.1) is 6.92 Å². The summed E-state index contributed by atoms with van der Waals surface area (Å²) >= 11 is 14.3. The molecule has 0 fully saturated rings. The monoisotopic (exact) mass is 485 g/mol. The van der Waals surface area contributed by atoms with Crippen LogP contribution in [0.2, 0.25) is 10.0 Å². The summed E-state index contributed by atoms with van der Waals surface area (Å²) in [6, 6.07) is 16.5. The van der Waals surface area contributed by atoms with Gasteiger partial charge in [-0.25, -0.2) is 4.68 Å². The number of amides is 1. The fourth-order valence-electron chi connectivity index (χ4n) is 3.47. The first kappa shape index (κ1) is 22.4. The highest BCUT2D eigenvalue weighted by atomic mass is 35.5. The molecule has 0 bridgehead atoms. The Morgan fingerprint density at radius 2 is 1.88 bits per heavy atom. The van der Waals surface area contributed by atoms with Crippen molar-refractivity contribution in [2.24, 2.45) is 0 Å². The van der Waals surface area contributed by atoms with E-state index in [9.17, 15) is 4.79 Å². The van der Waals surface area contributed by atoms with Crippen molar-refractivity contribution in [3.63, 3.8) is 0 Å². The zero-order valence-electron chi connectivity index (χ0n) is 17.8. The number of rotatable bonds is 6. The number of aryl methyl sites for hydroxylation is 1. The number of hydrogen-bond donors (Lipinski definition) is 1. The summed E-state index contributed by atoms with van der Waals surface area (Å²) in [6.07, 6.45) is 0.628. The number of nitrogens with zero attached hydrogens (tertiary/aromatic N) is 2. The lowest BCUT2D eigenvalue weighted by atomic mass is 10.1. The quantitative estimate of drug-likeness (QED) is 0.318. The van der Waals surface area contributed by atoms with Crippen LogP contribution in [0.4, 0.5) is 5.69 Å². The van der Waals surface area contributed by atoms with E-state index in [1.54, 1.807) is 59.5 Å². The molecule has 0 atom stereocenters. The number of aromatic nitrogens is 2. The van der Waals surface area contributed by atoms with Crippen LogP contribution >= 0.6 is 34.5 Å². The minimum absolute atomic E-state index is 0.287. The third kappa shape index (κ3) is 4.39. The van der Waals surface area contributed by atoms with E-state index < -0.39 is 0 Å². The average Bonchev–Trinajstić information content (AvgIpc) is 3.37. The minimum Gasteiger partial charge on any atom is -0.497 e. The lowest BCUT2D eigenvalue weighted by Crippen LogP contribution is -2.14. The molecular formula is C24H21Cl2N3O2S. The van der Waals surface area contributed by atoms with E-state index in [0.29, 0.717) is 39.3 Å². The maximum absolute atomic E-state index is 13.3. The molecule has 0 spiro atoms. The van der Waals surface area contributed by atoms with E-state index in [1.165, 1.54) is 4.88 Å². The first-order chi connectivity index (χ1) is 15.4. The van der Waals surface area contributed by atoms with Gasteiger partial charge in [-0.1, -0.05) is 30.1 Å². The standard InChI is InChI=1S/C24H21Cl2N3O2S/c1-4-18-22(24(30)27-16-7-9-17(31-3)10-8-16)28-29(20-11-6-15(25)13-19(20)26)23(18)21-12-5-14(2)32-21/h5-13H,4H2,1-3H3,(H,27,30). The van der Waals surface area contributed by atoms with Crippen LogP contribution in [0.3, 0.4) is 0 Å². The molecule has 164 valence electrons. The van der Waals surface area contributed by atoms with Crippen LogP contribution in [0.25, 0.3) is 16.3 Å². The molecule has 0 saturated carbocycles. The first-order valence-electron chi connectivity index (χ1n) is 10.0. The molecule has 0 aliphatic rings. The van der Waals surface area contributed by atoms with E-state index in [0.717, 1.165) is 16.1 Å². The summed E-state index contributed by atoms with van der Waals surface area (Å²) < 4.78 is 6.93. The SMILES string of the molecule is CCc1c(C(=O)Nc2ccc(OC)cc2)nn(-c2ccc(Cl)cc2Cl)c1-c1ccc(C)s1. The highest BCUT2D eigenvalue weighted by molar-refractivity contribution is 7.15. The smallest absolute Gasteiger partial charge is 0.276 e. The number of hydrogen-bond acceptors (Lipinski definition) is 4. The molecule has 2 aromatic carbocycles. The molecule has 1 N–H and O–H groups in total. The van der Waals surface area contributed by atoms with Crippen LogP contribution in [-0.2, 0) is 6.42 Å². The van der Waals surface area contributed by atoms with E-state index in [2.05, 4.69) is 11.4 Å². The lowest BCUT2D eigenvalue weighted by Gasteiger charge is -2.10. The predicted octanol–water partition coefficient (Wildman–Crippen LogP) is 7.04. The van der Waals surface area contributed by atoms with Gasteiger partial charge < -0.3 is 10.1 Å². The maximum Gasteiger partial charge on any atom is 0.276 e. The Labute approximate surface area is 200 Å². The second-order valence-electron chi connectivity index (χ2n) is 7.13. The predicted molar refractivity (Wildman–Crippen MR) is 132 cm³/mol. The minimum atomic E-state index is -0.287. The molecule has 4 rings (SSSR count). The maximum atomic E-state index is 13.3. The van der Waals surface area contributed by atoms with Gasteiger partial charge in [-0.15, -0.1) is 11.3 Å². The summed E-state index contributed by atoms with van der Waals surface area (Å²) in [5, 5.41) is 8.64. The van der Waals surface area contributed by atoms with E-state index in [4.69, 9.17) is 33.0 Å². The molecule has 4 aromatic rings. The number of methoxy groups -OCH3 is 1. The van der Waals surface area contributed by atoms with Crippen LogP contribution in [0.1, 0.15) is 27.9 Å². The van der Waals surface area contributed by atoms with Gasteiger partial charge in [0.15, 0.2) is 5.69 Å². The van der Waals surface area contributed by atoms with Crippen molar-refractivity contribution in [1.29, 1.82) is 0 Å². The van der Waals surface area contributed by atoms with Gasteiger partial charge in [0, 0.05) is 21.2 Å². The van der Waals surface area contributed by atoms with E-state index in [1.807, 2.05) is 26.0 Å². The lowest BCUT2D eigenvalue weighted by molar-refractivity contribution is 0.102. The van der Waals surface area contributed by atoms with Gasteiger partial charge in [0.05, 0.1) is 28.4 Å². The van der Waals surface area contributed by atoms with Crippen molar-refractivity contribution in [2.45, 2.75) is 20.3 Å². The second-order valence-corrected chi connectivity index (χ2v) is 9.26. The Balaban J connectivity index is 1.83. The van der Waals surface area contributed by atoms with Crippen molar-refractivity contribution in [1.82, 2.24) is 9.78 Å². The zero-order chi connectivity index (χ0) is 22.8. The molecule has 0 aliphatic carbocycles. The Kier molecular flexibility index (Phi) is 6.55. The number of halogens is 2. The summed E-state index contributed by atoms with van der Waals surface area (Å²) in [6.45, 7) is 4.06. The molecule has 0 unspecified atom stereocenters. The largest absolute Gasteiger partial charge is 0.497 e. The van der Waals surface area contributed by atoms with Crippen LogP contribution < -0.4 is 10.1 Å². The number of carbonyl (C=O) groups excluding carboxylic acids is 1. The molecule has 2 heterocycles. The van der Waals surface area contributed by atoms with Crippen LogP contribution in [0.5, 0.6) is 5.75 Å². The number of thiophene rings is 1. The highest BCUT2D eigenvalue weighted by Crippen LogP contribution is 2.36. The molecule has 1 amide bonds. The molecular weight excluding hydrogens is 465 g/mol. The average molecular weight is 486 g/mol. The van der Waals surface area contributed by atoms with Gasteiger partial charge in [0.1, 0.15) is 5.75 Å². The van der Waals surface area contributed by atoms with Crippen molar-refractivity contribution in [3.05, 3.63) is 80.8 Å². The fraction of sp³-hybridized carbons (Fsp3) is 0.167. The number of nitrogens with one attached hydrogen (secondary N) is 1. The molecule has 32 heavy (non-hydrogen) atoms. The summed E-state index contributed by atoms with van der Waals surface area (Å²) in [7, 11) is 1.60. The zero-order valence-corrected chi connectivity index (χ0v) is 20.1. The van der Waals surface area contributed by atoms with E-state index in [-0.39, 0.29) is 5.91 Å². The summed E-state index contributed by atoms with van der Waals surface area (Å²) in [4.78, 5) is 15.4. The number of anilines is 1. The summed E-state index contributed by atoms with van der Waals surface area (Å²) in [5.41, 5.74) is 3.38. The molecule has 0 saturated heterocycles. The topological polar surface area (TPSA) is 56.1 Å². The highest BCUT2D eigenvalue weighted by Gasteiger charge is 2.25. The Morgan fingerprint density at radius 3 is 2.47 bits per heavy atom. The molecule has 8 heteroatoms. The van der Waals surface area contributed by atoms with Crippen molar-refractivity contribution in [2.75, 3.05) is 12.4 Å². The Morgan fingerprint density at radius 1 is 1.12 bits per heavy atom. The van der Waals surface area contributed by atoms with Crippen molar-refractivity contribution in [3.8, 4) is 22.0 Å². The fourth-order valence-corrected chi connectivity index (χ4v) is 4.89. The van der Waals surface area contributed by atoms with Crippen molar-refractivity contribution < 1.29 is 9.53 Å². The van der Waals surface area contributed by atoms with Gasteiger partial charge in [-0.05, 0) is 67.9 Å². The van der Waals surface area contributed by atoms with Gasteiger partial charge in [0.2, 0.25) is 0 Å². The van der Waals surface area contributed by atoms with Crippen molar-refractivity contribution >= 4 is 46.1 Å². The number of ether oxygens (including phenoxy) is 1. The van der Waals surface area contributed by atoms with E-state index >= 15 is 0 Å². The Bertz CT molecular complexity index is 1280. The van der Waals surface area contributed by atoms with Crippen LogP contribution in [-0.4, -0.2) is 22.8 Å². The summed E-state index contributed by atoms with van der Waals surface area (Å²) in [5.74, 6) is 0.430.